The minimum atomic E-state index is 0.223. The van der Waals surface area contributed by atoms with Gasteiger partial charge in [-0.05, 0) is 31.7 Å². The highest BCUT2D eigenvalue weighted by Crippen LogP contribution is 2.39. The van der Waals surface area contributed by atoms with Crippen LogP contribution in [0.2, 0.25) is 0 Å². The van der Waals surface area contributed by atoms with Gasteiger partial charge in [0, 0.05) is 38.9 Å². The highest BCUT2D eigenvalue weighted by Gasteiger charge is 2.39. The van der Waals surface area contributed by atoms with Gasteiger partial charge in [-0.25, -0.2) is 0 Å². The van der Waals surface area contributed by atoms with Crippen molar-refractivity contribution in [1.82, 2.24) is 15.1 Å². The van der Waals surface area contributed by atoms with Gasteiger partial charge >= 0.3 is 0 Å². The molecule has 1 aromatic rings. The lowest BCUT2D eigenvalue weighted by Crippen LogP contribution is -2.46. The van der Waals surface area contributed by atoms with Gasteiger partial charge in [-0.3, -0.25) is 4.68 Å². The maximum Gasteiger partial charge on any atom is 0.0697 e. The molecular weight excluding hydrogens is 238 g/mol. The molecule has 3 rings (SSSR count). The zero-order chi connectivity index (χ0) is 13.1. The van der Waals surface area contributed by atoms with Gasteiger partial charge in [-0.2, -0.15) is 5.10 Å². The van der Waals surface area contributed by atoms with E-state index in [-0.39, 0.29) is 5.60 Å². The number of nitrogens with one attached hydrogen (secondary N) is 1. The summed E-state index contributed by atoms with van der Waals surface area (Å²) >= 11 is 0. The summed E-state index contributed by atoms with van der Waals surface area (Å²) in [5, 5.41) is 8.12. The molecule has 1 spiro atoms. The van der Waals surface area contributed by atoms with Gasteiger partial charge < -0.3 is 10.1 Å². The Bertz CT molecular complexity index is 409. The van der Waals surface area contributed by atoms with E-state index in [2.05, 4.69) is 16.5 Å². The number of rotatable bonds is 4. The van der Waals surface area contributed by atoms with Crippen molar-refractivity contribution in [2.45, 2.75) is 56.6 Å². The van der Waals surface area contributed by atoms with Gasteiger partial charge in [-0.15, -0.1) is 0 Å². The molecule has 0 amide bonds. The van der Waals surface area contributed by atoms with Crippen molar-refractivity contribution < 1.29 is 4.74 Å². The summed E-state index contributed by atoms with van der Waals surface area (Å²) in [6.07, 6.45) is 10.6. The molecule has 106 valence electrons. The molecule has 1 aliphatic carbocycles. The van der Waals surface area contributed by atoms with Crippen LogP contribution in [0.5, 0.6) is 0 Å². The molecule has 2 heterocycles. The molecule has 0 bridgehead atoms. The average molecular weight is 263 g/mol. The van der Waals surface area contributed by atoms with E-state index in [4.69, 9.17) is 4.74 Å². The van der Waals surface area contributed by atoms with E-state index >= 15 is 0 Å². The Balaban J connectivity index is 1.45. The molecule has 1 aliphatic heterocycles. The topological polar surface area (TPSA) is 39.1 Å². The summed E-state index contributed by atoms with van der Waals surface area (Å²) < 4.78 is 7.94. The van der Waals surface area contributed by atoms with Crippen molar-refractivity contribution in [1.29, 1.82) is 0 Å². The van der Waals surface area contributed by atoms with Gasteiger partial charge in [0.15, 0.2) is 0 Å². The third-order valence-corrected chi connectivity index (χ3v) is 4.59. The van der Waals surface area contributed by atoms with Crippen LogP contribution in [0.3, 0.4) is 0 Å². The Labute approximate surface area is 115 Å². The molecule has 19 heavy (non-hydrogen) atoms. The number of hydrogen-bond acceptors (Lipinski definition) is 3. The van der Waals surface area contributed by atoms with Crippen LogP contribution >= 0.6 is 0 Å². The summed E-state index contributed by atoms with van der Waals surface area (Å²) in [5.41, 5.74) is 1.40. The lowest BCUT2D eigenvalue weighted by molar-refractivity contribution is -0.0834. The molecule has 1 saturated heterocycles. The molecule has 2 fully saturated rings. The second-order valence-corrected chi connectivity index (χ2v) is 6.11. The number of nitrogens with zero attached hydrogens (tertiary/aromatic N) is 2. The van der Waals surface area contributed by atoms with Crippen molar-refractivity contribution in [3.63, 3.8) is 0 Å². The average Bonchev–Trinajstić information content (AvgIpc) is 3.00. The third-order valence-electron chi connectivity index (χ3n) is 4.59. The zero-order valence-electron chi connectivity index (χ0n) is 11.9. The van der Waals surface area contributed by atoms with Crippen LogP contribution in [0.25, 0.3) is 0 Å². The first kappa shape index (κ1) is 13.1. The molecule has 2 aliphatic rings. The molecule has 1 N–H and O–H groups in total. The van der Waals surface area contributed by atoms with E-state index in [1.54, 1.807) is 0 Å². The van der Waals surface area contributed by atoms with Gasteiger partial charge in [0.2, 0.25) is 0 Å². The first-order valence-corrected chi connectivity index (χ1v) is 7.62. The van der Waals surface area contributed by atoms with E-state index < -0.39 is 0 Å². The van der Waals surface area contributed by atoms with Crippen LogP contribution in [-0.2, 0) is 18.2 Å². The van der Waals surface area contributed by atoms with Crippen molar-refractivity contribution in [3.05, 3.63) is 18.0 Å². The molecule has 1 saturated carbocycles. The number of ether oxygens (including phenoxy) is 1. The van der Waals surface area contributed by atoms with Crippen LogP contribution in [0, 0.1) is 0 Å². The normalized spacial score (nSPS) is 26.1. The van der Waals surface area contributed by atoms with Crippen molar-refractivity contribution in [3.8, 4) is 0 Å². The summed E-state index contributed by atoms with van der Waals surface area (Å²) in [5.74, 6) is 0. The second kappa shape index (κ2) is 5.63. The Morgan fingerprint density at radius 1 is 1.47 bits per heavy atom. The fraction of sp³-hybridized carbons (Fsp3) is 0.800. The first-order valence-electron chi connectivity index (χ1n) is 7.62. The Morgan fingerprint density at radius 3 is 3.05 bits per heavy atom. The second-order valence-electron chi connectivity index (χ2n) is 6.11. The molecule has 1 aromatic heterocycles. The van der Waals surface area contributed by atoms with Crippen molar-refractivity contribution >= 4 is 0 Å². The predicted octanol–water partition coefficient (Wildman–Crippen LogP) is 2.04. The summed E-state index contributed by atoms with van der Waals surface area (Å²) in [6.45, 7) is 1.96. The number of hydrogen-bond donors (Lipinski definition) is 1. The predicted molar refractivity (Wildman–Crippen MR) is 75.1 cm³/mol. The minimum absolute atomic E-state index is 0.223. The molecule has 4 heteroatoms. The van der Waals surface area contributed by atoms with Gasteiger partial charge in [0.1, 0.15) is 0 Å². The number of aromatic nitrogens is 2. The zero-order valence-corrected chi connectivity index (χ0v) is 11.9. The van der Waals surface area contributed by atoms with Crippen LogP contribution in [0.4, 0.5) is 0 Å². The lowest BCUT2D eigenvalue weighted by Gasteiger charge is -2.38. The standard InChI is InChI=1S/C15H25N3O/c1-18-10-5-13(17-18)4-9-16-14-6-11-19-15(12-14)7-2-3-8-15/h5,10,14,16H,2-4,6-9,11-12H2,1H3. The first-order chi connectivity index (χ1) is 9.26. The lowest BCUT2D eigenvalue weighted by atomic mass is 9.89. The van der Waals surface area contributed by atoms with E-state index in [1.165, 1.54) is 37.8 Å². The van der Waals surface area contributed by atoms with E-state index in [0.717, 1.165) is 26.0 Å². The van der Waals surface area contributed by atoms with E-state index in [9.17, 15) is 0 Å². The van der Waals surface area contributed by atoms with Crippen molar-refractivity contribution in [2.75, 3.05) is 13.2 Å². The fourth-order valence-corrected chi connectivity index (χ4v) is 3.57. The minimum Gasteiger partial charge on any atom is -0.375 e. The van der Waals surface area contributed by atoms with Crippen LogP contribution in [0.1, 0.15) is 44.2 Å². The highest BCUT2D eigenvalue weighted by atomic mass is 16.5. The summed E-state index contributed by atoms with van der Waals surface area (Å²) in [6, 6.07) is 2.74. The van der Waals surface area contributed by atoms with Gasteiger partial charge in [-0.1, -0.05) is 12.8 Å². The smallest absolute Gasteiger partial charge is 0.0697 e. The van der Waals surface area contributed by atoms with Crippen molar-refractivity contribution in [2.24, 2.45) is 7.05 Å². The largest absolute Gasteiger partial charge is 0.375 e. The van der Waals surface area contributed by atoms with Crippen LogP contribution < -0.4 is 5.32 Å². The fourth-order valence-electron chi connectivity index (χ4n) is 3.57. The SMILES string of the molecule is Cn1ccc(CCNC2CCOC3(CCCC3)C2)n1. The maximum absolute atomic E-state index is 6.07. The van der Waals surface area contributed by atoms with Gasteiger partial charge in [0.25, 0.3) is 0 Å². The summed E-state index contributed by atoms with van der Waals surface area (Å²) in [4.78, 5) is 0. The Hall–Kier alpha value is -0.870. The monoisotopic (exact) mass is 263 g/mol. The quantitative estimate of drug-likeness (QED) is 0.903. The molecule has 4 nitrogen and oxygen atoms in total. The highest BCUT2D eigenvalue weighted by molar-refractivity contribution is 4.99. The van der Waals surface area contributed by atoms with E-state index in [0.29, 0.717) is 6.04 Å². The Kier molecular flexibility index (Phi) is 3.89. The number of aryl methyl sites for hydroxylation is 1. The van der Waals surface area contributed by atoms with Gasteiger partial charge in [0.05, 0.1) is 11.3 Å². The maximum atomic E-state index is 6.07. The van der Waals surface area contributed by atoms with Crippen LogP contribution in [0.15, 0.2) is 12.3 Å². The third kappa shape index (κ3) is 3.18. The van der Waals surface area contributed by atoms with E-state index in [1.807, 2.05) is 17.9 Å². The molecular formula is C15H25N3O. The molecule has 0 aromatic carbocycles. The Morgan fingerprint density at radius 2 is 2.32 bits per heavy atom. The van der Waals surface area contributed by atoms with Crippen LogP contribution in [-0.4, -0.2) is 34.6 Å². The molecule has 1 unspecified atom stereocenters. The summed E-state index contributed by atoms with van der Waals surface area (Å²) in [7, 11) is 1.97. The molecule has 0 radical (unpaired) electrons. The molecule has 1 atom stereocenters.